The van der Waals surface area contributed by atoms with Crippen LogP contribution in [0.15, 0.2) is 23.0 Å². The first-order valence-electron chi connectivity index (χ1n) is 7.68. The van der Waals surface area contributed by atoms with Crippen LogP contribution in [0.25, 0.3) is 11.0 Å². The zero-order valence-corrected chi connectivity index (χ0v) is 12.9. The minimum Gasteiger partial charge on any atom is -0.396 e. The molecular formula is C16H19N3O4. The van der Waals surface area contributed by atoms with Crippen LogP contribution in [0.2, 0.25) is 0 Å². The number of aliphatic hydroxyl groups excluding tert-OH is 1. The molecule has 1 saturated heterocycles. The molecule has 1 aliphatic rings. The fraction of sp³-hybridized carbons (Fsp3) is 0.438. The molecule has 0 aliphatic carbocycles. The number of nitrogens with one attached hydrogen (secondary N) is 1. The molecule has 122 valence electrons. The number of hydrogen-bond acceptors (Lipinski definition) is 4. The summed E-state index contributed by atoms with van der Waals surface area (Å²) in [7, 11) is 1.68. The molecule has 1 fully saturated rings. The number of imidazole rings is 1. The number of hydrogen-bond donors (Lipinski definition) is 2. The summed E-state index contributed by atoms with van der Waals surface area (Å²) < 4.78 is 3.01. The van der Waals surface area contributed by atoms with Gasteiger partial charge in [0.25, 0.3) is 0 Å². The Morgan fingerprint density at radius 1 is 1.30 bits per heavy atom. The van der Waals surface area contributed by atoms with Gasteiger partial charge < -0.3 is 5.11 Å². The van der Waals surface area contributed by atoms with E-state index in [1.54, 1.807) is 7.05 Å². The van der Waals surface area contributed by atoms with Crippen molar-refractivity contribution in [1.29, 1.82) is 0 Å². The number of rotatable bonds is 4. The smallest absolute Gasteiger partial charge is 0.329 e. The van der Waals surface area contributed by atoms with Crippen molar-refractivity contribution in [2.45, 2.75) is 31.7 Å². The zero-order valence-electron chi connectivity index (χ0n) is 12.9. The minimum atomic E-state index is -0.669. The molecule has 2 heterocycles. The van der Waals surface area contributed by atoms with Crippen LogP contribution in [0.5, 0.6) is 0 Å². The highest BCUT2D eigenvalue weighted by molar-refractivity contribution is 6.00. The summed E-state index contributed by atoms with van der Waals surface area (Å²) in [6, 6.07) is 4.91. The van der Waals surface area contributed by atoms with Crippen LogP contribution in [0.4, 0.5) is 0 Å². The molecule has 0 bridgehead atoms. The van der Waals surface area contributed by atoms with E-state index >= 15 is 0 Å². The van der Waals surface area contributed by atoms with Gasteiger partial charge in [0.05, 0.1) is 11.0 Å². The Hall–Kier alpha value is -2.41. The van der Waals surface area contributed by atoms with Crippen LogP contribution in [0.1, 0.15) is 30.9 Å². The highest BCUT2D eigenvalue weighted by Crippen LogP contribution is 2.25. The van der Waals surface area contributed by atoms with Gasteiger partial charge >= 0.3 is 5.69 Å². The molecule has 0 radical (unpaired) electrons. The number of carbonyl (C=O) groups is 2. The Morgan fingerprint density at radius 2 is 2.09 bits per heavy atom. The molecule has 1 aliphatic heterocycles. The van der Waals surface area contributed by atoms with Crippen LogP contribution in [-0.4, -0.2) is 32.7 Å². The highest BCUT2D eigenvalue weighted by atomic mass is 16.3. The van der Waals surface area contributed by atoms with Crippen LogP contribution < -0.4 is 11.0 Å². The standard InChI is InChI=1S/C16H19N3O4/c1-18-14-10(5-3-9-20)4-2-6-11(14)19(16(18)23)12-7-8-13(21)17-15(12)22/h2,4,6,12,20H,3,5,7-9H2,1H3,(H,17,21,22). The maximum Gasteiger partial charge on any atom is 0.329 e. The maximum atomic E-state index is 12.7. The van der Waals surface area contributed by atoms with E-state index in [0.29, 0.717) is 24.8 Å². The fourth-order valence-corrected chi connectivity index (χ4v) is 3.22. The predicted octanol–water partition coefficient (Wildman–Crippen LogP) is 0.243. The van der Waals surface area contributed by atoms with E-state index in [-0.39, 0.29) is 24.6 Å². The Kier molecular flexibility index (Phi) is 4.04. The Bertz CT molecular complexity index is 834. The van der Waals surface area contributed by atoms with E-state index in [1.165, 1.54) is 9.13 Å². The molecule has 2 amide bonds. The summed E-state index contributed by atoms with van der Waals surface area (Å²) in [5, 5.41) is 11.3. The Morgan fingerprint density at radius 3 is 2.78 bits per heavy atom. The number of benzene rings is 1. The zero-order chi connectivity index (χ0) is 16.6. The summed E-state index contributed by atoms with van der Waals surface area (Å²) in [5.41, 5.74) is 2.14. The SMILES string of the molecule is Cn1c(=O)n(C2CCC(=O)NC2=O)c2cccc(CCCO)c21. The van der Waals surface area contributed by atoms with Crippen LogP contribution in [0.3, 0.4) is 0 Å². The van der Waals surface area contributed by atoms with Gasteiger partial charge in [-0.25, -0.2) is 4.79 Å². The van der Waals surface area contributed by atoms with Crippen LogP contribution in [0, 0.1) is 0 Å². The average molecular weight is 317 g/mol. The third-order valence-corrected chi connectivity index (χ3v) is 4.31. The van der Waals surface area contributed by atoms with E-state index in [0.717, 1.165) is 11.1 Å². The van der Waals surface area contributed by atoms with Crippen molar-refractivity contribution in [3.05, 3.63) is 34.2 Å². The van der Waals surface area contributed by atoms with Crippen LogP contribution in [-0.2, 0) is 23.1 Å². The van der Waals surface area contributed by atoms with Gasteiger partial charge in [0.15, 0.2) is 0 Å². The molecule has 2 N–H and O–H groups in total. The first-order chi connectivity index (χ1) is 11.0. The molecule has 1 unspecified atom stereocenters. The molecule has 23 heavy (non-hydrogen) atoms. The number of aryl methyl sites for hydroxylation is 2. The van der Waals surface area contributed by atoms with Crippen molar-refractivity contribution in [1.82, 2.24) is 14.5 Å². The number of carbonyl (C=O) groups excluding carboxylic acids is 2. The van der Waals surface area contributed by atoms with E-state index in [1.807, 2.05) is 18.2 Å². The van der Waals surface area contributed by atoms with Gasteiger partial charge in [0.2, 0.25) is 11.8 Å². The third-order valence-electron chi connectivity index (χ3n) is 4.31. The fourth-order valence-electron chi connectivity index (χ4n) is 3.22. The quantitative estimate of drug-likeness (QED) is 0.790. The average Bonchev–Trinajstić information content (AvgIpc) is 2.78. The van der Waals surface area contributed by atoms with Crippen LogP contribution >= 0.6 is 0 Å². The Labute approximate surface area is 132 Å². The van der Waals surface area contributed by atoms with Gasteiger partial charge in [-0.15, -0.1) is 0 Å². The maximum absolute atomic E-state index is 12.7. The van der Waals surface area contributed by atoms with Gasteiger partial charge in [-0.1, -0.05) is 12.1 Å². The van der Waals surface area contributed by atoms with Crippen molar-refractivity contribution < 1.29 is 14.7 Å². The molecule has 0 spiro atoms. The molecule has 1 atom stereocenters. The summed E-state index contributed by atoms with van der Waals surface area (Å²) in [6.07, 6.45) is 1.81. The number of aromatic nitrogens is 2. The van der Waals surface area contributed by atoms with Crippen molar-refractivity contribution in [2.75, 3.05) is 6.61 Å². The summed E-state index contributed by atoms with van der Waals surface area (Å²) in [5.74, 6) is -0.736. The van der Waals surface area contributed by atoms with Gasteiger partial charge in [-0.05, 0) is 30.9 Å². The molecule has 7 nitrogen and oxygen atoms in total. The lowest BCUT2D eigenvalue weighted by Crippen LogP contribution is -2.44. The number of nitrogens with zero attached hydrogens (tertiary/aromatic N) is 2. The summed E-state index contributed by atoms with van der Waals surface area (Å²) in [6.45, 7) is 0.0815. The second kappa shape index (κ2) is 6.00. The first kappa shape index (κ1) is 15.5. The molecule has 2 aromatic rings. The van der Waals surface area contributed by atoms with Gasteiger partial charge in [-0.3, -0.25) is 24.0 Å². The largest absolute Gasteiger partial charge is 0.396 e. The van der Waals surface area contributed by atoms with E-state index in [2.05, 4.69) is 5.32 Å². The summed E-state index contributed by atoms with van der Waals surface area (Å²) in [4.78, 5) is 36.1. The lowest BCUT2D eigenvalue weighted by atomic mass is 10.0. The van der Waals surface area contributed by atoms with E-state index < -0.39 is 11.9 Å². The van der Waals surface area contributed by atoms with Gasteiger partial charge in [0, 0.05) is 20.1 Å². The number of amides is 2. The monoisotopic (exact) mass is 317 g/mol. The number of imide groups is 1. The number of para-hydroxylation sites is 1. The molecular weight excluding hydrogens is 298 g/mol. The van der Waals surface area contributed by atoms with E-state index in [9.17, 15) is 14.4 Å². The molecule has 1 aromatic heterocycles. The number of aliphatic hydroxyl groups is 1. The van der Waals surface area contributed by atoms with E-state index in [4.69, 9.17) is 5.11 Å². The minimum absolute atomic E-state index is 0.0815. The van der Waals surface area contributed by atoms with Gasteiger partial charge in [0.1, 0.15) is 6.04 Å². The third kappa shape index (κ3) is 2.57. The number of fused-ring (bicyclic) bond motifs is 1. The predicted molar refractivity (Wildman–Crippen MR) is 84.0 cm³/mol. The highest BCUT2D eigenvalue weighted by Gasteiger charge is 2.31. The normalized spacial score (nSPS) is 18.4. The van der Waals surface area contributed by atoms with Gasteiger partial charge in [-0.2, -0.15) is 0 Å². The van der Waals surface area contributed by atoms with Crippen molar-refractivity contribution in [3.8, 4) is 0 Å². The lowest BCUT2D eigenvalue weighted by Gasteiger charge is -2.21. The summed E-state index contributed by atoms with van der Waals surface area (Å²) >= 11 is 0. The molecule has 1 aromatic carbocycles. The second-order valence-electron chi connectivity index (χ2n) is 5.79. The topological polar surface area (TPSA) is 93.3 Å². The molecule has 3 rings (SSSR count). The van der Waals surface area contributed by atoms with Crippen molar-refractivity contribution in [3.63, 3.8) is 0 Å². The second-order valence-corrected chi connectivity index (χ2v) is 5.79. The molecule has 7 heteroatoms. The number of piperidine rings is 1. The van der Waals surface area contributed by atoms with Crippen molar-refractivity contribution >= 4 is 22.8 Å². The van der Waals surface area contributed by atoms with Crippen molar-refractivity contribution in [2.24, 2.45) is 7.05 Å². The Balaban J connectivity index is 2.15. The molecule has 0 saturated carbocycles. The lowest BCUT2D eigenvalue weighted by molar-refractivity contribution is -0.135. The first-order valence-corrected chi connectivity index (χ1v) is 7.68.